The first kappa shape index (κ1) is 20.5. The molecule has 0 fully saturated rings. The van der Waals surface area contributed by atoms with Crippen LogP contribution in [0.3, 0.4) is 0 Å². The van der Waals surface area contributed by atoms with E-state index in [0.717, 1.165) is 16.3 Å². The third-order valence-corrected chi connectivity index (χ3v) is 5.44. The molecule has 0 N–H and O–H groups in total. The van der Waals surface area contributed by atoms with Crippen LogP contribution in [0.4, 0.5) is 0 Å². The Labute approximate surface area is 181 Å². The summed E-state index contributed by atoms with van der Waals surface area (Å²) in [7, 11) is 0. The van der Waals surface area contributed by atoms with Crippen LogP contribution in [0, 0.1) is 0 Å². The summed E-state index contributed by atoms with van der Waals surface area (Å²) < 4.78 is 5.40. The summed E-state index contributed by atoms with van der Waals surface area (Å²) in [4.78, 5) is 31.7. The summed E-state index contributed by atoms with van der Waals surface area (Å²) in [6.07, 6.45) is 0. The molecule has 5 heteroatoms. The van der Waals surface area contributed by atoms with Crippen molar-refractivity contribution in [2.75, 3.05) is 19.7 Å². The molecule has 1 amide bonds. The minimum absolute atomic E-state index is 0.203. The largest absolute Gasteiger partial charge is 0.452 e. The van der Waals surface area contributed by atoms with Crippen LogP contribution in [0.5, 0.6) is 0 Å². The third kappa shape index (κ3) is 4.12. The average Bonchev–Trinajstić information content (AvgIpc) is 2.82. The molecular formula is C26H24N2O3. The normalized spacial score (nSPS) is 10.9. The van der Waals surface area contributed by atoms with Crippen molar-refractivity contribution >= 4 is 33.6 Å². The highest BCUT2D eigenvalue weighted by molar-refractivity contribution is 6.06. The first-order valence-corrected chi connectivity index (χ1v) is 10.4. The predicted octanol–water partition coefficient (Wildman–Crippen LogP) is 5.08. The number of pyridine rings is 1. The van der Waals surface area contributed by atoms with E-state index in [1.807, 2.05) is 80.6 Å². The van der Waals surface area contributed by atoms with Crippen molar-refractivity contribution in [1.82, 2.24) is 9.88 Å². The van der Waals surface area contributed by atoms with Crippen LogP contribution in [-0.4, -0.2) is 41.5 Å². The molecule has 3 aromatic carbocycles. The van der Waals surface area contributed by atoms with E-state index in [0.29, 0.717) is 35.2 Å². The van der Waals surface area contributed by atoms with Gasteiger partial charge < -0.3 is 9.64 Å². The number of amides is 1. The standard InChI is InChI=1S/C26H24N2O3/c1-3-28(4-2)25(29)17-31-26(30)22-16-24(27-23-15-8-7-13-21(22)23)20-14-9-11-18-10-5-6-12-19(18)20/h5-16H,3-4,17H2,1-2H3. The van der Waals surface area contributed by atoms with E-state index in [4.69, 9.17) is 9.72 Å². The SMILES string of the molecule is CCN(CC)C(=O)COC(=O)c1cc(-c2cccc3ccccc23)nc2ccccc12. The van der Waals surface area contributed by atoms with Gasteiger partial charge in [-0.05, 0) is 36.8 Å². The van der Waals surface area contributed by atoms with Crippen molar-refractivity contribution in [2.24, 2.45) is 0 Å². The molecule has 4 rings (SSSR count). The van der Waals surface area contributed by atoms with E-state index in [1.54, 1.807) is 11.0 Å². The van der Waals surface area contributed by atoms with Gasteiger partial charge >= 0.3 is 5.97 Å². The Bertz CT molecular complexity index is 1260. The van der Waals surface area contributed by atoms with Gasteiger partial charge in [0.2, 0.25) is 0 Å². The number of esters is 1. The summed E-state index contributed by atoms with van der Waals surface area (Å²) in [5, 5.41) is 2.86. The number of hydrogen-bond donors (Lipinski definition) is 0. The molecule has 0 unspecified atom stereocenters. The Morgan fingerprint density at radius 1 is 0.871 bits per heavy atom. The molecule has 4 aromatic rings. The number of hydrogen-bond acceptors (Lipinski definition) is 4. The molecular weight excluding hydrogens is 388 g/mol. The summed E-state index contributed by atoms with van der Waals surface area (Å²) in [6, 6.07) is 23.3. The molecule has 0 atom stereocenters. The quantitative estimate of drug-likeness (QED) is 0.414. The van der Waals surface area contributed by atoms with Gasteiger partial charge in [-0.1, -0.05) is 60.7 Å². The molecule has 0 bridgehead atoms. The van der Waals surface area contributed by atoms with Crippen LogP contribution >= 0.6 is 0 Å². The number of fused-ring (bicyclic) bond motifs is 2. The highest BCUT2D eigenvalue weighted by atomic mass is 16.5. The Kier molecular flexibility index (Phi) is 5.94. The fourth-order valence-electron chi connectivity index (χ4n) is 3.80. The van der Waals surface area contributed by atoms with Gasteiger partial charge in [-0.15, -0.1) is 0 Å². The number of nitrogens with zero attached hydrogens (tertiary/aromatic N) is 2. The first-order chi connectivity index (χ1) is 15.1. The van der Waals surface area contributed by atoms with Crippen molar-refractivity contribution < 1.29 is 14.3 Å². The summed E-state index contributed by atoms with van der Waals surface area (Å²) in [6.45, 7) is 4.68. The maximum Gasteiger partial charge on any atom is 0.339 e. The van der Waals surface area contributed by atoms with Crippen molar-refractivity contribution in [1.29, 1.82) is 0 Å². The lowest BCUT2D eigenvalue weighted by Crippen LogP contribution is -2.34. The van der Waals surface area contributed by atoms with E-state index in [-0.39, 0.29) is 12.5 Å². The molecule has 1 aromatic heterocycles. The van der Waals surface area contributed by atoms with E-state index < -0.39 is 5.97 Å². The monoisotopic (exact) mass is 412 g/mol. The van der Waals surface area contributed by atoms with E-state index >= 15 is 0 Å². The molecule has 0 radical (unpaired) electrons. The predicted molar refractivity (Wildman–Crippen MR) is 123 cm³/mol. The number of likely N-dealkylation sites (N-methyl/N-ethyl adjacent to an activating group) is 1. The zero-order valence-corrected chi connectivity index (χ0v) is 17.7. The molecule has 0 aliphatic heterocycles. The number of rotatable bonds is 6. The second-order valence-electron chi connectivity index (χ2n) is 7.24. The topological polar surface area (TPSA) is 59.5 Å². The van der Waals surface area contributed by atoms with Gasteiger partial charge in [-0.3, -0.25) is 4.79 Å². The highest BCUT2D eigenvalue weighted by Crippen LogP contribution is 2.30. The molecule has 1 heterocycles. The van der Waals surface area contributed by atoms with Crippen LogP contribution < -0.4 is 0 Å². The molecule has 31 heavy (non-hydrogen) atoms. The minimum atomic E-state index is -0.527. The average molecular weight is 412 g/mol. The van der Waals surface area contributed by atoms with E-state index in [1.165, 1.54) is 0 Å². The lowest BCUT2D eigenvalue weighted by Gasteiger charge is -2.18. The van der Waals surface area contributed by atoms with Gasteiger partial charge in [0.05, 0.1) is 16.8 Å². The van der Waals surface area contributed by atoms with Crippen molar-refractivity contribution in [3.05, 3.63) is 78.4 Å². The molecule has 0 saturated heterocycles. The number of carbonyl (C=O) groups excluding carboxylic acids is 2. The van der Waals surface area contributed by atoms with Gasteiger partial charge in [-0.25, -0.2) is 9.78 Å². The summed E-state index contributed by atoms with van der Waals surface area (Å²) >= 11 is 0. The fourth-order valence-corrected chi connectivity index (χ4v) is 3.80. The van der Waals surface area contributed by atoms with E-state index in [2.05, 4.69) is 0 Å². The van der Waals surface area contributed by atoms with Crippen molar-refractivity contribution in [3.63, 3.8) is 0 Å². The summed E-state index contributed by atoms with van der Waals surface area (Å²) in [5.74, 6) is -0.730. The van der Waals surface area contributed by atoms with E-state index in [9.17, 15) is 9.59 Å². The molecule has 5 nitrogen and oxygen atoms in total. The fraction of sp³-hybridized carbons (Fsp3) is 0.192. The van der Waals surface area contributed by atoms with Crippen LogP contribution in [0.15, 0.2) is 72.8 Å². The maximum absolute atomic E-state index is 13.0. The maximum atomic E-state index is 13.0. The van der Waals surface area contributed by atoms with Crippen LogP contribution in [-0.2, 0) is 9.53 Å². The van der Waals surface area contributed by atoms with Crippen LogP contribution in [0.2, 0.25) is 0 Å². The second-order valence-corrected chi connectivity index (χ2v) is 7.24. The van der Waals surface area contributed by atoms with Crippen LogP contribution in [0.25, 0.3) is 32.9 Å². The zero-order chi connectivity index (χ0) is 21.8. The van der Waals surface area contributed by atoms with Gasteiger partial charge in [0, 0.05) is 24.0 Å². The highest BCUT2D eigenvalue weighted by Gasteiger charge is 2.18. The number of carbonyl (C=O) groups is 2. The second kappa shape index (κ2) is 8.96. The summed E-state index contributed by atoms with van der Waals surface area (Å²) in [5.41, 5.74) is 2.74. The van der Waals surface area contributed by atoms with Gasteiger partial charge in [-0.2, -0.15) is 0 Å². The molecule has 156 valence electrons. The van der Waals surface area contributed by atoms with Crippen molar-refractivity contribution in [3.8, 4) is 11.3 Å². The lowest BCUT2D eigenvalue weighted by atomic mass is 9.99. The first-order valence-electron chi connectivity index (χ1n) is 10.4. The van der Waals surface area contributed by atoms with Crippen LogP contribution in [0.1, 0.15) is 24.2 Å². The lowest BCUT2D eigenvalue weighted by molar-refractivity contribution is -0.134. The molecule has 0 saturated carbocycles. The Morgan fingerprint density at radius 2 is 1.55 bits per heavy atom. The number of aromatic nitrogens is 1. The van der Waals surface area contributed by atoms with Gasteiger partial charge in [0.1, 0.15) is 0 Å². The molecule has 0 spiro atoms. The zero-order valence-electron chi connectivity index (χ0n) is 17.7. The third-order valence-electron chi connectivity index (χ3n) is 5.44. The smallest absolute Gasteiger partial charge is 0.339 e. The Morgan fingerprint density at radius 3 is 2.32 bits per heavy atom. The van der Waals surface area contributed by atoms with Gasteiger partial charge in [0.15, 0.2) is 6.61 Å². The molecule has 0 aliphatic carbocycles. The molecule has 0 aliphatic rings. The number of benzene rings is 3. The Balaban J connectivity index is 1.75. The minimum Gasteiger partial charge on any atom is -0.452 e. The number of ether oxygens (including phenoxy) is 1. The Hall–Kier alpha value is -3.73. The number of para-hydroxylation sites is 1. The van der Waals surface area contributed by atoms with Crippen molar-refractivity contribution in [2.45, 2.75) is 13.8 Å². The van der Waals surface area contributed by atoms with Gasteiger partial charge in [0.25, 0.3) is 5.91 Å².